The molecule has 13 heterocycles. The predicted octanol–water partition coefficient (Wildman–Crippen LogP) is 3.45. The molecule has 680 valence electrons. The third-order valence-electron chi connectivity index (χ3n) is 36.1. The van der Waals surface area contributed by atoms with E-state index in [0.29, 0.717) is 197 Å². The van der Waals surface area contributed by atoms with Gasteiger partial charge in [-0.05, 0) is 186 Å². The number of aromatic hydroxyl groups is 5. The zero-order chi connectivity index (χ0) is 88.9. The van der Waals surface area contributed by atoms with Gasteiger partial charge < -0.3 is 99.4 Å². The molecule has 5 aromatic carbocycles. The molecule has 5 spiro atoms. The number of carbonyl (C=O) groups excluding carboxylic acids is 7. The van der Waals surface area contributed by atoms with Gasteiger partial charge in [-0.2, -0.15) is 0 Å². The van der Waals surface area contributed by atoms with E-state index in [4.69, 9.17) is 37.9 Å². The van der Waals surface area contributed by atoms with Crippen LogP contribution in [-0.4, -0.2) is 290 Å². The molecule has 23 atom stereocenters. The van der Waals surface area contributed by atoms with Gasteiger partial charge in [0.15, 0.2) is 105 Å². The van der Waals surface area contributed by atoms with Crippen molar-refractivity contribution in [2.24, 2.45) is 11.8 Å². The molecular weight excluding hydrogens is 1660 g/mol. The Hall–Kier alpha value is -9.77. The van der Waals surface area contributed by atoms with Crippen molar-refractivity contribution in [3.05, 3.63) is 141 Å². The lowest BCUT2D eigenvalue weighted by molar-refractivity contribution is -0.209. The highest BCUT2D eigenvalue weighted by molar-refractivity contribution is 5.93. The van der Waals surface area contributed by atoms with Crippen LogP contribution in [0.25, 0.3) is 0 Å². The summed E-state index contributed by atoms with van der Waals surface area (Å²) in [5.41, 5.74) is 1.76. The largest absolute Gasteiger partial charge is 0.504 e. The Labute approximate surface area is 741 Å². The number of piperidine rings is 5. The van der Waals surface area contributed by atoms with Gasteiger partial charge in [-0.15, -0.1) is 6.58 Å². The number of carbonyl (C=O) groups is 7. The van der Waals surface area contributed by atoms with Crippen molar-refractivity contribution in [2.45, 2.75) is 263 Å². The summed E-state index contributed by atoms with van der Waals surface area (Å²) in [7, 11) is 0. The first-order valence-corrected chi connectivity index (χ1v) is 46.4. The van der Waals surface area contributed by atoms with Crippen molar-refractivity contribution in [3.63, 3.8) is 0 Å². The summed E-state index contributed by atoms with van der Waals surface area (Å²) < 4.78 is 45.4. The zero-order valence-electron chi connectivity index (χ0n) is 71.5. The number of aliphatic hydroxyl groups is 6. The van der Waals surface area contributed by atoms with Crippen LogP contribution in [0, 0.1) is 11.8 Å². The molecule has 0 aromatic heterocycles. The third-order valence-corrected chi connectivity index (χ3v) is 36.1. The lowest BCUT2D eigenvalue weighted by atomic mass is 9.48. The standard InChI is InChI=1S/C21H25NO6.C21H23NO6.C21H21NO6.C19H21NO4.C16H17NO4/c3*23-13-2-1-12-8-15-21(26)4-3-14(24)19-20(21,17(12)18(13)28-19)5-6-22(15)9-11-7-16(25)27-10-11;1-2-8-20-9-7-18-15-11-3-4-12(21)16(15)24-17(18)13(22)5-6-19(18,23)14(20)10-11;18-9-2-1-8-7-11-16(20)4-3-10(19)14-15(16,5-6-17-11)12(8)13(9)21-14/h1-2,11,14-15,19,23-24,26H,3-10H2;1-2,11,15,19,23,26H,3-10H2;1-2,7,15,19,23,26H,3-6,8-10H2;2-4,14,17,21,23H,1,5-10H2;1-2,11,14,17-18,20H,3-7H2/t11?,14-,15+,19-,20-,21+;11?,15-,19+,20+,21-;15-,19+,20+,21-;14-,17+,18+,19-;11-,14+,15+,16-/m01111/s1. The number of phenolic OH excluding ortho intramolecular Hbond substituents is 5. The van der Waals surface area contributed by atoms with E-state index in [2.05, 4.69) is 31.5 Å². The van der Waals surface area contributed by atoms with E-state index in [1.165, 1.54) is 6.08 Å². The molecule has 12 fully saturated rings. The second-order valence-corrected chi connectivity index (χ2v) is 41.2. The van der Waals surface area contributed by atoms with Crippen LogP contribution < -0.4 is 29.0 Å². The van der Waals surface area contributed by atoms with Crippen LogP contribution in [0.5, 0.6) is 57.5 Å². The number of ketones is 4. The Kier molecular flexibility index (Phi) is 18.0. The fraction of sp³-hybridized carbons (Fsp3) is 0.582. The van der Waals surface area contributed by atoms with E-state index < -0.39 is 91.7 Å². The minimum Gasteiger partial charge on any atom is -0.504 e. The molecule has 23 aliphatic rings. The number of Topliss-reactive ketones (excluding diaryl/α,β-unsaturated/α-hetero) is 4. The average Bonchev–Trinajstić information content (AvgIpc) is 1.55. The van der Waals surface area contributed by atoms with E-state index in [0.717, 1.165) is 100 Å². The molecule has 13 aliphatic heterocycles. The Bertz CT molecular complexity index is 5820. The van der Waals surface area contributed by atoms with Gasteiger partial charge in [0.25, 0.3) is 0 Å². The quantitative estimate of drug-likeness (QED) is 0.0601. The number of rotatable bonds is 8. The van der Waals surface area contributed by atoms with E-state index in [1.807, 2.05) is 36.4 Å². The van der Waals surface area contributed by atoms with E-state index in [1.54, 1.807) is 30.3 Å². The lowest BCUT2D eigenvalue weighted by Crippen LogP contribution is -2.77. The minimum atomic E-state index is -1.11. The summed E-state index contributed by atoms with van der Waals surface area (Å²) in [5, 5.41) is 125. The van der Waals surface area contributed by atoms with Crippen LogP contribution in [0.1, 0.15) is 165 Å². The molecule has 0 amide bonds. The zero-order valence-corrected chi connectivity index (χ0v) is 71.5. The number of phenols is 5. The molecule has 2 unspecified atom stereocenters. The van der Waals surface area contributed by atoms with E-state index in [9.17, 15) is 89.7 Å². The van der Waals surface area contributed by atoms with E-state index >= 15 is 0 Å². The maximum absolute atomic E-state index is 12.8. The maximum atomic E-state index is 12.8. The van der Waals surface area contributed by atoms with Crippen molar-refractivity contribution in [1.29, 1.82) is 0 Å². The topological polar surface area (TPSA) is 441 Å². The Morgan fingerprint density at radius 2 is 0.760 bits per heavy atom. The molecular formula is C98H107N5O26. The van der Waals surface area contributed by atoms with Gasteiger partial charge in [-0.25, -0.2) is 4.79 Å². The highest BCUT2D eigenvalue weighted by atomic mass is 16.6. The third kappa shape index (κ3) is 10.5. The summed E-state index contributed by atoms with van der Waals surface area (Å²) in [4.78, 5) is 94.2. The second-order valence-electron chi connectivity index (χ2n) is 41.2. The fourth-order valence-corrected chi connectivity index (χ4v) is 30.9. The SMILES string of the molecule is C=CCN1CC[C@]23c4c5ccc(O)c4O[C@H]2C(=O)CC[C@@]3(O)[C@H]1C5.O=C1C=C(CN2CC[C@]34c5c6ccc(O)c5O[C@H]3C(=O)CC[C@@]4(O)[C@H]2C6)CO1.O=C1CC(CN2CC[C@]34c5c6ccc(O)c5O[C@H]3C(=O)CC[C@@]4(O)[C@H]2C6)CO1.O=C1CC(CN2CC[C@]34c5c6ccc(O)c5O[C@H]3[C@@H](O)CC[C@@]4(O)[C@H]2C6)CO1.O=C1CC[C@@]2(O)[C@H]3Cc4ccc(O)c5c4[C@@]2(CCN3)[C@H]1O5. The number of nitrogens with one attached hydrogen (secondary N) is 1. The van der Waals surface area contributed by atoms with Gasteiger partial charge in [-0.3, -0.25) is 48.4 Å². The van der Waals surface area contributed by atoms with Crippen LogP contribution >= 0.6 is 0 Å². The monoisotopic (exact) mass is 1770 g/mol. The minimum absolute atomic E-state index is 0.00202. The number of hydrogen-bond donors (Lipinski definition) is 12. The Morgan fingerprint density at radius 1 is 0.403 bits per heavy atom. The molecule has 7 saturated heterocycles. The Morgan fingerprint density at radius 3 is 1.16 bits per heavy atom. The molecule has 31 heteroatoms. The second kappa shape index (κ2) is 28.2. The summed E-state index contributed by atoms with van der Waals surface area (Å²) in [6.07, 6.45) is 10.7. The number of aliphatic hydroxyl groups excluding tert-OH is 1. The van der Waals surface area contributed by atoms with Crippen LogP contribution in [0.3, 0.4) is 0 Å². The predicted molar refractivity (Wildman–Crippen MR) is 450 cm³/mol. The maximum Gasteiger partial charge on any atom is 0.331 e. The van der Waals surface area contributed by atoms with Crippen LogP contribution in [0.2, 0.25) is 0 Å². The van der Waals surface area contributed by atoms with Crippen molar-refractivity contribution in [3.8, 4) is 57.5 Å². The number of esters is 3. The first-order valence-electron chi connectivity index (χ1n) is 46.4. The lowest BCUT2D eigenvalue weighted by Gasteiger charge is -2.63. The van der Waals surface area contributed by atoms with Gasteiger partial charge in [0, 0.05) is 141 Å². The number of nitrogens with zero attached hydrogens (tertiary/aromatic N) is 4. The van der Waals surface area contributed by atoms with Crippen LogP contribution in [-0.2, 0) is 107 Å². The molecule has 5 saturated carbocycles. The Balaban J connectivity index is 0.0000000899. The van der Waals surface area contributed by atoms with Crippen molar-refractivity contribution in [2.75, 3.05) is 78.7 Å². The highest BCUT2D eigenvalue weighted by Crippen LogP contribution is 2.72. The summed E-state index contributed by atoms with van der Waals surface area (Å²) >= 11 is 0. The van der Waals surface area contributed by atoms with Gasteiger partial charge in [-0.1, -0.05) is 36.4 Å². The number of ether oxygens (including phenoxy) is 8. The summed E-state index contributed by atoms with van der Waals surface area (Å²) in [6, 6.07) is 17.2. The van der Waals surface area contributed by atoms with Gasteiger partial charge in [0.1, 0.15) is 12.7 Å². The number of likely N-dealkylation sites (tertiary alicyclic amines) is 4. The first-order chi connectivity index (χ1) is 61.9. The molecule has 12 N–H and O–H groups in total. The van der Waals surface area contributed by atoms with E-state index in [-0.39, 0.29) is 125 Å². The highest BCUT2D eigenvalue weighted by Gasteiger charge is 2.79. The summed E-state index contributed by atoms with van der Waals surface area (Å²) in [5.74, 6) is 2.13. The van der Waals surface area contributed by atoms with Gasteiger partial charge >= 0.3 is 17.9 Å². The molecule has 10 bridgehead atoms. The number of benzene rings is 5. The van der Waals surface area contributed by atoms with Crippen molar-refractivity contribution >= 4 is 41.0 Å². The summed E-state index contributed by atoms with van der Waals surface area (Å²) in [6.45, 7) is 11.5. The first kappa shape index (κ1) is 82.4. The molecule has 10 aliphatic carbocycles. The normalized spacial score (nSPS) is 40.7. The van der Waals surface area contributed by atoms with Crippen molar-refractivity contribution < 1.29 is 128 Å². The molecule has 129 heavy (non-hydrogen) atoms. The van der Waals surface area contributed by atoms with Crippen molar-refractivity contribution in [1.82, 2.24) is 24.9 Å². The molecule has 28 rings (SSSR count). The number of hydrogen-bond acceptors (Lipinski definition) is 31. The van der Waals surface area contributed by atoms with Gasteiger partial charge in [0.05, 0.1) is 87.2 Å². The molecule has 5 aromatic rings. The average molecular weight is 1770 g/mol. The van der Waals surface area contributed by atoms with Gasteiger partial charge in [0.2, 0.25) is 0 Å². The molecule has 31 nitrogen and oxygen atoms in total. The van der Waals surface area contributed by atoms with Crippen LogP contribution in [0.15, 0.2) is 85.0 Å². The van der Waals surface area contributed by atoms with Crippen LogP contribution in [0.4, 0.5) is 0 Å². The molecule has 0 radical (unpaired) electrons. The smallest absolute Gasteiger partial charge is 0.331 e. The number of cyclic esters (lactones) is 3. The fourth-order valence-electron chi connectivity index (χ4n) is 30.9.